The fourth-order valence-corrected chi connectivity index (χ4v) is 2.67. The third-order valence-corrected chi connectivity index (χ3v) is 4.18. The summed E-state index contributed by atoms with van der Waals surface area (Å²) in [5.41, 5.74) is 3.39. The van der Waals surface area contributed by atoms with Gasteiger partial charge < -0.3 is 10.2 Å². The zero-order valence-corrected chi connectivity index (χ0v) is 14.5. The van der Waals surface area contributed by atoms with Gasteiger partial charge in [0.25, 0.3) is 5.91 Å². The lowest BCUT2D eigenvalue weighted by atomic mass is 10.1. The van der Waals surface area contributed by atoms with E-state index >= 15 is 0 Å². The fraction of sp³-hybridized carbons (Fsp3) is 0.235. The normalized spacial score (nSPS) is 12.0. The third kappa shape index (κ3) is 5.13. The van der Waals surface area contributed by atoms with E-state index in [2.05, 4.69) is 59.1 Å². The van der Waals surface area contributed by atoms with Gasteiger partial charge in [0, 0.05) is 9.13 Å². The van der Waals surface area contributed by atoms with Crippen molar-refractivity contribution < 1.29 is 9.69 Å². The lowest BCUT2D eigenvalue weighted by Gasteiger charge is -2.14. The maximum Gasteiger partial charge on any atom is 0.279 e. The minimum absolute atomic E-state index is 0.0451. The molecule has 0 aliphatic rings. The van der Waals surface area contributed by atoms with E-state index in [0.717, 1.165) is 15.8 Å². The quantitative estimate of drug-likeness (QED) is 0.749. The zero-order chi connectivity index (χ0) is 15.2. The molecule has 0 radical (unpaired) electrons. The van der Waals surface area contributed by atoms with Gasteiger partial charge in [0.2, 0.25) is 0 Å². The molecular formula is C17H20IN2O+. The second-order valence-electron chi connectivity index (χ2n) is 5.32. The highest BCUT2D eigenvalue weighted by atomic mass is 127. The summed E-state index contributed by atoms with van der Waals surface area (Å²) in [4.78, 5) is 13.3. The van der Waals surface area contributed by atoms with Crippen LogP contribution in [0.15, 0.2) is 48.5 Å². The van der Waals surface area contributed by atoms with Gasteiger partial charge in [-0.15, -0.1) is 0 Å². The van der Waals surface area contributed by atoms with Gasteiger partial charge in [-0.25, -0.2) is 0 Å². The third-order valence-electron chi connectivity index (χ3n) is 3.24. The van der Waals surface area contributed by atoms with E-state index < -0.39 is 0 Å². The van der Waals surface area contributed by atoms with Crippen molar-refractivity contribution in [3.8, 4) is 0 Å². The second kappa shape index (κ2) is 7.56. The number of hydrogen-bond acceptors (Lipinski definition) is 1. The number of para-hydroxylation sites is 1. The average molecular weight is 395 g/mol. The first kappa shape index (κ1) is 16.0. The molecular weight excluding hydrogens is 375 g/mol. The first-order valence-electron chi connectivity index (χ1n) is 6.96. The number of carbonyl (C=O) groups excluding carboxylic acids is 1. The SMILES string of the molecule is Cc1ccc(C[NH+](C)CC(=O)Nc2ccccc2I)cc1. The number of aryl methyl sites for hydroxylation is 1. The van der Waals surface area contributed by atoms with E-state index in [0.29, 0.717) is 6.54 Å². The van der Waals surface area contributed by atoms with E-state index in [4.69, 9.17) is 0 Å². The monoisotopic (exact) mass is 395 g/mol. The number of nitrogens with one attached hydrogen (secondary N) is 2. The number of halogens is 1. The molecule has 2 rings (SSSR count). The Bertz CT molecular complexity index is 610. The number of amides is 1. The summed E-state index contributed by atoms with van der Waals surface area (Å²) in [5.74, 6) is 0.0451. The van der Waals surface area contributed by atoms with Crippen LogP contribution in [-0.2, 0) is 11.3 Å². The topological polar surface area (TPSA) is 33.5 Å². The van der Waals surface area contributed by atoms with Crippen LogP contribution in [0.4, 0.5) is 5.69 Å². The van der Waals surface area contributed by atoms with E-state index in [1.54, 1.807) is 0 Å². The van der Waals surface area contributed by atoms with Crippen molar-refractivity contribution in [2.45, 2.75) is 13.5 Å². The molecule has 1 atom stereocenters. The van der Waals surface area contributed by atoms with Crippen LogP contribution in [0, 0.1) is 10.5 Å². The average Bonchev–Trinajstić information content (AvgIpc) is 2.44. The van der Waals surface area contributed by atoms with Crippen LogP contribution in [0.2, 0.25) is 0 Å². The standard InChI is InChI=1S/C17H19IN2O/c1-13-7-9-14(10-8-13)11-20(2)12-17(21)19-16-6-4-3-5-15(16)18/h3-10H,11-12H2,1-2H3,(H,19,21)/p+1. The van der Waals surface area contributed by atoms with Crippen LogP contribution in [0.25, 0.3) is 0 Å². The summed E-state index contributed by atoms with van der Waals surface area (Å²) in [6.45, 7) is 3.38. The van der Waals surface area contributed by atoms with Gasteiger partial charge in [-0.1, -0.05) is 42.0 Å². The summed E-state index contributed by atoms with van der Waals surface area (Å²) in [6.07, 6.45) is 0. The summed E-state index contributed by atoms with van der Waals surface area (Å²) in [6, 6.07) is 16.3. The molecule has 0 aliphatic carbocycles. The number of benzene rings is 2. The number of quaternary nitrogens is 1. The highest BCUT2D eigenvalue weighted by molar-refractivity contribution is 14.1. The van der Waals surface area contributed by atoms with E-state index in [1.165, 1.54) is 16.0 Å². The van der Waals surface area contributed by atoms with Gasteiger partial charge in [0.1, 0.15) is 6.54 Å². The number of hydrogen-bond donors (Lipinski definition) is 2. The molecule has 21 heavy (non-hydrogen) atoms. The Morgan fingerprint density at radius 3 is 2.48 bits per heavy atom. The van der Waals surface area contributed by atoms with Crippen LogP contribution < -0.4 is 10.2 Å². The maximum atomic E-state index is 12.1. The Hall–Kier alpha value is -1.40. The molecule has 2 N–H and O–H groups in total. The van der Waals surface area contributed by atoms with Crippen molar-refractivity contribution in [1.29, 1.82) is 0 Å². The van der Waals surface area contributed by atoms with Gasteiger partial charge in [-0.3, -0.25) is 4.79 Å². The lowest BCUT2D eigenvalue weighted by molar-refractivity contribution is -0.885. The maximum absolute atomic E-state index is 12.1. The molecule has 0 aliphatic heterocycles. The number of carbonyl (C=O) groups is 1. The molecule has 0 spiro atoms. The number of rotatable bonds is 5. The Balaban J connectivity index is 1.87. The van der Waals surface area contributed by atoms with Crippen LogP contribution in [0.5, 0.6) is 0 Å². The van der Waals surface area contributed by atoms with Crippen molar-refractivity contribution in [2.24, 2.45) is 0 Å². The largest absolute Gasteiger partial charge is 0.326 e. The predicted molar refractivity (Wildman–Crippen MR) is 94.4 cm³/mol. The molecule has 2 aromatic rings. The molecule has 3 nitrogen and oxygen atoms in total. The zero-order valence-electron chi connectivity index (χ0n) is 12.3. The Morgan fingerprint density at radius 2 is 1.81 bits per heavy atom. The van der Waals surface area contributed by atoms with Gasteiger partial charge in [0.05, 0.1) is 12.7 Å². The summed E-state index contributed by atoms with van der Waals surface area (Å²) in [7, 11) is 2.04. The van der Waals surface area contributed by atoms with Crippen LogP contribution in [-0.4, -0.2) is 19.5 Å². The van der Waals surface area contributed by atoms with Crippen molar-refractivity contribution in [3.63, 3.8) is 0 Å². The molecule has 1 amide bonds. The Kier molecular flexibility index (Phi) is 5.76. The van der Waals surface area contributed by atoms with Crippen molar-refractivity contribution in [1.82, 2.24) is 0 Å². The predicted octanol–water partition coefficient (Wildman–Crippen LogP) is 2.25. The molecule has 0 saturated carbocycles. The molecule has 2 aromatic carbocycles. The molecule has 0 heterocycles. The minimum Gasteiger partial charge on any atom is -0.326 e. The first-order chi connectivity index (χ1) is 10.0. The van der Waals surface area contributed by atoms with Crippen LogP contribution >= 0.6 is 22.6 Å². The van der Waals surface area contributed by atoms with E-state index in [9.17, 15) is 4.79 Å². The highest BCUT2D eigenvalue weighted by Crippen LogP contribution is 2.16. The molecule has 0 aromatic heterocycles. The van der Waals surface area contributed by atoms with Crippen molar-refractivity contribution in [3.05, 3.63) is 63.2 Å². The van der Waals surface area contributed by atoms with Gasteiger partial charge >= 0.3 is 0 Å². The van der Waals surface area contributed by atoms with Crippen LogP contribution in [0.3, 0.4) is 0 Å². The summed E-state index contributed by atoms with van der Waals surface area (Å²) in [5, 5.41) is 2.97. The molecule has 0 saturated heterocycles. The smallest absolute Gasteiger partial charge is 0.279 e. The lowest BCUT2D eigenvalue weighted by Crippen LogP contribution is -3.08. The molecule has 110 valence electrons. The molecule has 4 heteroatoms. The molecule has 0 bridgehead atoms. The van der Waals surface area contributed by atoms with Crippen LogP contribution in [0.1, 0.15) is 11.1 Å². The van der Waals surface area contributed by atoms with Gasteiger partial charge in [0.15, 0.2) is 6.54 Å². The minimum atomic E-state index is 0.0451. The Morgan fingerprint density at radius 1 is 1.14 bits per heavy atom. The van der Waals surface area contributed by atoms with Crippen molar-refractivity contribution >= 4 is 34.2 Å². The highest BCUT2D eigenvalue weighted by Gasteiger charge is 2.11. The summed E-state index contributed by atoms with van der Waals surface area (Å²) < 4.78 is 1.06. The fourth-order valence-electron chi connectivity index (χ4n) is 2.15. The van der Waals surface area contributed by atoms with Crippen molar-refractivity contribution in [2.75, 3.05) is 18.9 Å². The Labute approximate surface area is 139 Å². The van der Waals surface area contributed by atoms with E-state index in [-0.39, 0.29) is 5.91 Å². The number of anilines is 1. The molecule has 0 fully saturated rings. The van der Waals surface area contributed by atoms with Gasteiger partial charge in [-0.2, -0.15) is 0 Å². The first-order valence-corrected chi connectivity index (χ1v) is 8.03. The molecule has 1 unspecified atom stereocenters. The van der Waals surface area contributed by atoms with E-state index in [1.807, 2.05) is 31.3 Å². The summed E-state index contributed by atoms with van der Waals surface area (Å²) >= 11 is 2.23. The number of likely N-dealkylation sites (N-methyl/N-ethyl adjacent to an activating group) is 1. The second-order valence-corrected chi connectivity index (χ2v) is 6.49. The van der Waals surface area contributed by atoms with Gasteiger partial charge in [-0.05, 0) is 41.6 Å².